The number of nitrogens with zero attached hydrogens (tertiary/aromatic N) is 3. The monoisotopic (exact) mass is 465 g/mol. The van der Waals surface area contributed by atoms with Gasteiger partial charge in [0.2, 0.25) is 0 Å². The van der Waals surface area contributed by atoms with Crippen LogP contribution in [0.25, 0.3) is 10.2 Å². The second-order valence-electron chi connectivity index (χ2n) is 6.66. The van der Waals surface area contributed by atoms with E-state index in [0.29, 0.717) is 39.6 Å². The molecular formula is C22H25ClFN3O3S. The molecule has 0 radical (unpaired) electrons. The Hall–Kier alpha value is -2.55. The van der Waals surface area contributed by atoms with Gasteiger partial charge in [0.15, 0.2) is 5.13 Å². The number of carbonyl (C=O) groups is 2. The zero-order valence-corrected chi connectivity index (χ0v) is 19.3. The molecule has 0 fully saturated rings. The van der Waals surface area contributed by atoms with E-state index in [1.807, 2.05) is 0 Å². The fourth-order valence-electron chi connectivity index (χ4n) is 3.09. The summed E-state index contributed by atoms with van der Waals surface area (Å²) in [5.74, 6) is -1.02. The van der Waals surface area contributed by atoms with Crippen LogP contribution in [0.5, 0.6) is 0 Å². The molecule has 31 heavy (non-hydrogen) atoms. The van der Waals surface area contributed by atoms with Gasteiger partial charge in [-0.15, -0.1) is 12.4 Å². The van der Waals surface area contributed by atoms with Crippen molar-refractivity contribution in [1.82, 2.24) is 9.88 Å². The van der Waals surface area contributed by atoms with Crippen molar-refractivity contribution in [2.75, 3.05) is 38.2 Å². The largest absolute Gasteiger partial charge is 0.465 e. The molecule has 0 aliphatic heterocycles. The Balaban J connectivity index is 0.00000341. The van der Waals surface area contributed by atoms with Gasteiger partial charge in [-0.25, -0.2) is 14.2 Å². The zero-order chi connectivity index (χ0) is 21.7. The minimum Gasteiger partial charge on any atom is -0.465 e. The molecule has 0 spiro atoms. The third-order valence-corrected chi connectivity index (χ3v) is 5.94. The molecule has 1 heterocycles. The number of likely N-dealkylation sites (N-methyl/N-ethyl adjacent to an activating group) is 1. The molecule has 0 atom stereocenters. The lowest BCUT2D eigenvalue weighted by Crippen LogP contribution is -2.38. The summed E-state index contributed by atoms with van der Waals surface area (Å²) >= 11 is 1.28. The fraction of sp³-hybridized carbons (Fsp3) is 0.318. The molecule has 2 aromatic carbocycles. The SMILES string of the molecule is CCN(CC)CCN(C(=O)c1ccc(C(=O)OC)cc1)c1nc2ccc(F)cc2s1.Cl. The van der Waals surface area contributed by atoms with Crippen LogP contribution in [0.1, 0.15) is 34.6 Å². The summed E-state index contributed by atoms with van der Waals surface area (Å²) in [6, 6.07) is 10.7. The minimum atomic E-state index is -0.458. The van der Waals surface area contributed by atoms with Crippen molar-refractivity contribution in [3.63, 3.8) is 0 Å². The highest BCUT2D eigenvalue weighted by molar-refractivity contribution is 7.22. The average molecular weight is 466 g/mol. The lowest BCUT2D eigenvalue weighted by molar-refractivity contribution is 0.0600. The highest BCUT2D eigenvalue weighted by Gasteiger charge is 2.22. The van der Waals surface area contributed by atoms with Crippen LogP contribution in [0, 0.1) is 5.82 Å². The van der Waals surface area contributed by atoms with E-state index in [1.54, 1.807) is 35.2 Å². The Labute approximate surface area is 191 Å². The van der Waals surface area contributed by atoms with Gasteiger partial charge >= 0.3 is 5.97 Å². The first-order valence-corrected chi connectivity index (χ1v) is 10.6. The third-order valence-electron chi connectivity index (χ3n) is 4.90. The van der Waals surface area contributed by atoms with Gasteiger partial charge in [0, 0.05) is 18.7 Å². The summed E-state index contributed by atoms with van der Waals surface area (Å²) in [6.07, 6.45) is 0. The highest BCUT2D eigenvalue weighted by atomic mass is 35.5. The molecule has 1 aromatic heterocycles. The number of aromatic nitrogens is 1. The van der Waals surface area contributed by atoms with E-state index in [2.05, 4.69) is 23.7 Å². The number of carbonyl (C=O) groups excluding carboxylic acids is 2. The van der Waals surface area contributed by atoms with Gasteiger partial charge in [0.1, 0.15) is 5.82 Å². The molecule has 0 bridgehead atoms. The van der Waals surface area contributed by atoms with E-state index in [0.717, 1.165) is 13.1 Å². The Kier molecular flexibility index (Phi) is 8.91. The predicted octanol–water partition coefficient (Wildman–Crippen LogP) is 4.63. The fourth-order valence-corrected chi connectivity index (χ4v) is 4.10. The van der Waals surface area contributed by atoms with Crippen molar-refractivity contribution >= 4 is 51.0 Å². The van der Waals surface area contributed by atoms with Crippen LogP contribution in [0.3, 0.4) is 0 Å². The number of hydrogen-bond donors (Lipinski definition) is 0. The van der Waals surface area contributed by atoms with Crippen LogP contribution in [0.2, 0.25) is 0 Å². The summed E-state index contributed by atoms with van der Waals surface area (Å²) in [5, 5.41) is 0.518. The number of esters is 1. The molecule has 3 rings (SSSR count). The number of rotatable bonds is 8. The second-order valence-corrected chi connectivity index (χ2v) is 7.67. The van der Waals surface area contributed by atoms with Crippen LogP contribution in [-0.4, -0.2) is 55.0 Å². The molecule has 0 aliphatic carbocycles. The molecule has 3 aromatic rings. The van der Waals surface area contributed by atoms with E-state index < -0.39 is 5.97 Å². The normalized spacial score (nSPS) is 10.7. The topological polar surface area (TPSA) is 62.7 Å². The molecule has 0 N–H and O–H groups in total. The maximum Gasteiger partial charge on any atom is 0.337 e. The molecule has 0 saturated heterocycles. The predicted molar refractivity (Wildman–Crippen MR) is 124 cm³/mol. The molecule has 0 unspecified atom stereocenters. The average Bonchev–Trinajstić information content (AvgIpc) is 3.18. The molecule has 1 amide bonds. The summed E-state index contributed by atoms with van der Waals surface area (Å²) in [7, 11) is 1.31. The number of amides is 1. The smallest absolute Gasteiger partial charge is 0.337 e. The molecule has 0 aliphatic rings. The van der Waals surface area contributed by atoms with Gasteiger partial charge in [0.25, 0.3) is 5.91 Å². The van der Waals surface area contributed by atoms with Gasteiger partial charge in [-0.1, -0.05) is 25.2 Å². The van der Waals surface area contributed by atoms with Gasteiger partial charge < -0.3 is 9.64 Å². The van der Waals surface area contributed by atoms with Crippen molar-refractivity contribution in [3.8, 4) is 0 Å². The molecular weight excluding hydrogens is 441 g/mol. The summed E-state index contributed by atoms with van der Waals surface area (Å²) in [4.78, 5) is 33.4. The molecule has 166 valence electrons. The standard InChI is InChI=1S/C22H24FN3O3S.ClH/c1-4-25(5-2)12-13-26(22-24-18-11-10-17(23)14-19(18)30-22)20(27)15-6-8-16(9-7-15)21(28)29-3;/h6-11,14H,4-5,12-13H2,1-3H3;1H. The number of thiazole rings is 1. The quantitative estimate of drug-likeness (QED) is 0.454. The summed E-state index contributed by atoms with van der Waals surface area (Å²) < 4.78 is 19.0. The van der Waals surface area contributed by atoms with Crippen molar-refractivity contribution in [2.24, 2.45) is 0 Å². The van der Waals surface area contributed by atoms with E-state index in [1.165, 1.54) is 30.6 Å². The van der Waals surface area contributed by atoms with Crippen LogP contribution >= 0.6 is 23.7 Å². The lowest BCUT2D eigenvalue weighted by atomic mass is 10.1. The number of halogens is 2. The highest BCUT2D eigenvalue weighted by Crippen LogP contribution is 2.30. The first-order valence-electron chi connectivity index (χ1n) is 9.75. The summed E-state index contributed by atoms with van der Waals surface area (Å²) in [6.45, 7) is 7.02. The van der Waals surface area contributed by atoms with E-state index in [4.69, 9.17) is 4.74 Å². The number of hydrogen-bond acceptors (Lipinski definition) is 6. The second kappa shape index (κ2) is 11.2. The van der Waals surface area contributed by atoms with Gasteiger partial charge in [-0.3, -0.25) is 9.69 Å². The van der Waals surface area contributed by atoms with Crippen molar-refractivity contribution in [3.05, 3.63) is 59.4 Å². The molecule has 0 saturated carbocycles. The first-order chi connectivity index (χ1) is 14.5. The number of ether oxygens (including phenoxy) is 1. The summed E-state index contributed by atoms with van der Waals surface area (Å²) in [5.41, 5.74) is 1.46. The van der Waals surface area contributed by atoms with Gasteiger partial charge in [-0.2, -0.15) is 0 Å². The van der Waals surface area contributed by atoms with Gasteiger partial charge in [0.05, 0.1) is 22.9 Å². The van der Waals surface area contributed by atoms with Gasteiger partial charge in [-0.05, 0) is 55.6 Å². The first kappa shape index (κ1) is 24.7. The van der Waals surface area contributed by atoms with E-state index in [-0.39, 0.29) is 24.1 Å². The van der Waals surface area contributed by atoms with Crippen molar-refractivity contribution in [2.45, 2.75) is 13.8 Å². The Morgan fingerprint density at radius 3 is 2.29 bits per heavy atom. The van der Waals surface area contributed by atoms with Crippen LogP contribution in [-0.2, 0) is 4.74 Å². The Morgan fingerprint density at radius 2 is 1.68 bits per heavy atom. The Bertz CT molecular complexity index is 1040. The minimum absolute atomic E-state index is 0. The maximum absolute atomic E-state index is 13.6. The zero-order valence-electron chi connectivity index (χ0n) is 17.6. The molecule has 6 nitrogen and oxygen atoms in total. The Morgan fingerprint density at radius 1 is 1.03 bits per heavy atom. The maximum atomic E-state index is 13.6. The number of anilines is 1. The van der Waals surface area contributed by atoms with Crippen LogP contribution < -0.4 is 4.90 Å². The number of benzene rings is 2. The number of methoxy groups -OCH3 is 1. The number of fused-ring (bicyclic) bond motifs is 1. The van der Waals surface area contributed by atoms with Crippen LogP contribution in [0.15, 0.2) is 42.5 Å². The lowest BCUT2D eigenvalue weighted by Gasteiger charge is -2.24. The van der Waals surface area contributed by atoms with Crippen molar-refractivity contribution < 1.29 is 18.7 Å². The third kappa shape index (κ3) is 5.78. The van der Waals surface area contributed by atoms with E-state index >= 15 is 0 Å². The van der Waals surface area contributed by atoms with Crippen molar-refractivity contribution in [1.29, 1.82) is 0 Å². The molecule has 9 heteroatoms. The van der Waals surface area contributed by atoms with Crippen LogP contribution in [0.4, 0.5) is 9.52 Å². The van der Waals surface area contributed by atoms with E-state index in [9.17, 15) is 14.0 Å².